The van der Waals surface area contributed by atoms with Crippen LogP contribution in [0.2, 0.25) is 0 Å². The molecule has 0 bridgehead atoms. The zero-order valence-electron chi connectivity index (χ0n) is 16.8. The number of imidazole rings is 1. The number of nitrogens with one attached hydrogen (secondary N) is 1. The van der Waals surface area contributed by atoms with Gasteiger partial charge in [-0.3, -0.25) is 9.20 Å². The van der Waals surface area contributed by atoms with Crippen LogP contribution in [0.15, 0.2) is 66.2 Å². The summed E-state index contributed by atoms with van der Waals surface area (Å²) in [5, 5.41) is 5.15. The van der Waals surface area contributed by atoms with Gasteiger partial charge in [0, 0.05) is 28.9 Å². The molecule has 0 aliphatic carbocycles. The summed E-state index contributed by atoms with van der Waals surface area (Å²) in [6.45, 7) is 4.14. The lowest BCUT2D eigenvalue weighted by molar-refractivity contribution is -0.121. The second kappa shape index (κ2) is 8.62. The second-order valence-corrected chi connectivity index (χ2v) is 8.38. The number of nitrogens with zero attached hydrogens (tertiary/aromatic N) is 2. The van der Waals surface area contributed by atoms with Crippen LogP contribution in [-0.2, 0) is 17.6 Å². The fourth-order valence-electron chi connectivity index (χ4n) is 3.41. The van der Waals surface area contributed by atoms with E-state index in [1.54, 1.807) is 11.3 Å². The summed E-state index contributed by atoms with van der Waals surface area (Å²) in [6, 6.07) is 18.9. The molecular weight excluding hydrogens is 378 g/mol. The lowest BCUT2D eigenvalue weighted by atomic mass is 10.1. The first-order chi connectivity index (χ1) is 14.1. The van der Waals surface area contributed by atoms with Crippen LogP contribution >= 0.6 is 11.3 Å². The number of aromatic nitrogens is 2. The van der Waals surface area contributed by atoms with E-state index in [4.69, 9.17) is 4.98 Å². The highest BCUT2D eigenvalue weighted by Gasteiger charge is 2.14. The molecule has 1 unspecified atom stereocenters. The van der Waals surface area contributed by atoms with Crippen molar-refractivity contribution in [1.29, 1.82) is 0 Å². The molecule has 0 spiro atoms. The third-order valence-electron chi connectivity index (χ3n) is 5.09. The second-order valence-electron chi connectivity index (χ2n) is 7.54. The number of hydrogen-bond donors (Lipinski definition) is 1. The number of hydrogen-bond acceptors (Lipinski definition) is 3. The average Bonchev–Trinajstić information content (AvgIpc) is 3.30. The maximum atomic E-state index is 12.5. The van der Waals surface area contributed by atoms with Crippen LogP contribution in [0.3, 0.4) is 0 Å². The Labute approximate surface area is 175 Å². The zero-order chi connectivity index (χ0) is 20.2. The quantitative estimate of drug-likeness (QED) is 0.469. The fourth-order valence-corrected chi connectivity index (χ4v) is 4.28. The molecule has 0 saturated carbocycles. The molecule has 29 heavy (non-hydrogen) atoms. The molecule has 0 fully saturated rings. The van der Waals surface area contributed by atoms with Crippen LogP contribution in [-0.4, -0.2) is 21.3 Å². The molecule has 0 saturated heterocycles. The molecule has 1 N–H and O–H groups in total. The predicted molar refractivity (Wildman–Crippen MR) is 119 cm³/mol. The molecular formula is C24H25N3OS. The Kier molecular flexibility index (Phi) is 5.76. The van der Waals surface area contributed by atoms with E-state index < -0.39 is 0 Å². The lowest BCUT2D eigenvalue weighted by Crippen LogP contribution is -2.34. The van der Waals surface area contributed by atoms with Gasteiger partial charge in [-0.25, -0.2) is 4.98 Å². The Morgan fingerprint density at radius 3 is 2.66 bits per heavy atom. The molecule has 0 aliphatic heterocycles. The van der Waals surface area contributed by atoms with Gasteiger partial charge in [-0.05, 0) is 32.3 Å². The van der Waals surface area contributed by atoms with Gasteiger partial charge >= 0.3 is 0 Å². The van der Waals surface area contributed by atoms with Crippen molar-refractivity contribution in [3.63, 3.8) is 0 Å². The molecule has 5 heteroatoms. The van der Waals surface area contributed by atoms with Gasteiger partial charge in [-0.1, -0.05) is 60.2 Å². The Bertz CT molecular complexity index is 1100. The molecule has 2 heterocycles. The molecule has 2 aromatic carbocycles. The normalized spacial score (nSPS) is 12.2. The number of aryl methyl sites for hydroxylation is 2. The van der Waals surface area contributed by atoms with Crippen LogP contribution in [0.5, 0.6) is 0 Å². The summed E-state index contributed by atoms with van der Waals surface area (Å²) < 4.78 is 2.04. The molecule has 1 atom stereocenters. The van der Waals surface area contributed by atoms with Gasteiger partial charge in [0.1, 0.15) is 0 Å². The average molecular weight is 404 g/mol. The van der Waals surface area contributed by atoms with Gasteiger partial charge in [-0.2, -0.15) is 0 Å². The molecule has 4 aromatic rings. The largest absolute Gasteiger partial charge is 0.353 e. The van der Waals surface area contributed by atoms with Crippen molar-refractivity contribution in [2.24, 2.45) is 0 Å². The van der Waals surface area contributed by atoms with Gasteiger partial charge < -0.3 is 5.32 Å². The summed E-state index contributed by atoms with van der Waals surface area (Å²) in [7, 11) is 0. The highest BCUT2D eigenvalue weighted by molar-refractivity contribution is 7.15. The van der Waals surface area contributed by atoms with Crippen molar-refractivity contribution in [3.05, 3.63) is 83.0 Å². The molecule has 148 valence electrons. The van der Waals surface area contributed by atoms with Crippen LogP contribution < -0.4 is 5.32 Å². The lowest BCUT2D eigenvalue weighted by Gasteiger charge is -2.13. The van der Waals surface area contributed by atoms with E-state index in [1.807, 2.05) is 22.0 Å². The molecule has 0 radical (unpaired) electrons. The van der Waals surface area contributed by atoms with Crippen molar-refractivity contribution in [2.75, 3.05) is 0 Å². The summed E-state index contributed by atoms with van der Waals surface area (Å²) in [5.41, 5.74) is 5.54. The SMILES string of the molecule is Cc1ccc(-c2cn3c(CC(=O)NC(C)CCc4ccccc4)csc3n2)cc1. The Morgan fingerprint density at radius 1 is 1.14 bits per heavy atom. The van der Waals surface area contributed by atoms with Crippen molar-refractivity contribution in [2.45, 2.75) is 39.2 Å². The summed E-state index contributed by atoms with van der Waals surface area (Å²) in [5.74, 6) is 0.0517. The van der Waals surface area contributed by atoms with Crippen LogP contribution in [0.4, 0.5) is 0 Å². The van der Waals surface area contributed by atoms with E-state index in [-0.39, 0.29) is 11.9 Å². The van der Waals surface area contributed by atoms with E-state index in [0.717, 1.165) is 34.8 Å². The van der Waals surface area contributed by atoms with Gasteiger partial charge in [0.05, 0.1) is 12.1 Å². The van der Waals surface area contributed by atoms with Crippen LogP contribution in [0, 0.1) is 6.92 Å². The van der Waals surface area contributed by atoms with Crippen molar-refractivity contribution in [1.82, 2.24) is 14.7 Å². The first-order valence-electron chi connectivity index (χ1n) is 9.94. The Morgan fingerprint density at radius 2 is 1.90 bits per heavy atom. The number of rotatable bonds is 7. The smallest absolute Gasteiger partial charge is 0.226 e. The summed E-state index contributed by atoms with van der Waals surface area (Å²) in [6.07, 6.45) is 4.28. The van der Waals surface area contributed by atoms with Crippen molar-refractivity contribution >= 4 is 22.2 Å². The topological polar surface area (TPSA) is 46.4 Å². The van der Waals surface area contributed by atoms with Gasteiger partial charge in [-0.15, -0.1) is 11.3 Å². The third-order valence-corrected chi connectivity index (χ3v) is 5.98. The number of thiazole rings is 1. The van der Waals surface area contributed by atoms with E-state index in [1.165, 1.54) is 11.1 Å². The first kappa shape index (κ1) is 19.4. The van der Waals surface area contributed by atoms with E-state index >= 15 is 0 Å². The molecule has 0 aliphatic rings. The number of carbonyl (C=O) groups is 1. The van der Waals surface area contributed by atoms with E-state index in [2.05, 4.69) is 67.7 Å². The number of amides is 1. The van der Waals surface area contributed by atoms with Gasteiger partial charge in [0.25, 0.3) is 0 Å². The fraction of sp³-hybridized carbons (Fsp3) is 0.250. The molecule has 4 nitrogen and oxygen atoms in total. The van der Waals surface area contributed by atoms with Crippen LogP contribution in [0.25, 0.3) is 16.2 Å². The van der Waals surface area contributed by atoms with Crippen LogP contribution in [0.1, 0.15) is 30.2 Å². The van der Waals surface area contributed by atoms with E-state index in [0.29, 0.717) is 6.42 Å². The molecule has 1 amide bonds. The van der Waals surface area contributed by atoms with Gasteiger partial charge in [0.2, 0.25) is 5.91 Å². The third kappa shape index (κ3) is 4.74. The molecule has 4 rings (SSSR count). The summed E-state index contributed by atoms with van der Waals surface area (Å²) in [4.78, 5) is 18.2. The summed E-state index contributed by atoms with van der Waals surface area (Å²) >= 11 is 1.57. The first-order valence-corrected chi connectivity index (χ1v) is 10.8. The minimum Gasteiger partial charge on any atom is -0.353 e. The number of fused-ring (bicyclic) bond motifs is 1. The highest BCUT2D eigenvalue weighted by atomic mass is 32.1. The Balaban J connectivity index is 1.38. The maximum absolute atomic E-state index is 12.5. The van der Waals surface area contributed by atoms with Crippen molar-refractivity contribution < 1.29 is 4.79 Å². The van der Waals surface area contributed by atoms with Crippen molar-refractivity contribution in [3.8, 4) is 11.3 Å². The monoisotopic (exact) mass is 403 g/mol. The number of carbonyl (C=O) groups excluding carboxylic acids is 1. The standard InChI is InChI=1S/C24H25N3OS/c1-17-8-12-20(13-9-17)22-15-27-21(16-29-24(27)26-22)14-23(28)25-18(2)10-11-19-6-4-3-5-7-19/h3-9,12-13,15-16,18H,10-11,14H2,1-2H3,(H,25,28). The predicted octanol–water partition coefficient (Wildman–Crippen LogP) is 5.05. The molecule has 2 aromatic heterocycles. The van der Waals surface area contributed by atoms with E-state index in [9.17, 15) is 4.79 Å². The Hall–Kier alpha value is -2.92. The minimum atomic E-state index is 0.0517. The van der Waals surface area contributed by atoms with Gasteiger partial charge in [0.15, 0.2) is 4.96 Å². The minimum absolute atomic E-state index is 0.0517. The highest BCUT2D eigenvalue weighted by Crippen LogP contribution is 2.24. The maximum Gasteiger partial charge on any atom is 0.226 e. The number of benzene rings is 2. The zero-order valence-corrected chi connectivity index (χ0v) is 17.6.